The number of hydrogen-bond acceptors (Lipinski definition) is 5. The summed E-state index contributed by atoms with van der Waals surface area (Å²) in [5.41, 5.74) is 0.0452. The fraction of sp³-hybridized carbons (Fsp3) is 0.846. The van der Waals surface area contributed by atoms with Gasteiger partial charge in [0, 0.05) is 17.9 Å². The summed E-state index contributed by atoms with van der Waals surface area (Å²) in [5.74, 6) is 2.86. The first kappa shape index (κ1) is 20.4. The summed E-state index contributed by atoms with van der Waals surface area (Å²) in [7, 11) is 0. The number of ether oxygens (including phenoxy) is 3. The van der Waals surface area contributed by atoms with Crippen molar-refractivity contribution in [1.29, 1.82) is 0 Å². The summed E-state index contributed by atoms with van der Waals surface area (Å²) in [4.78, 5) is 24.3. The Labute approximate surface area is 185 Å². The Morgan fingerprint density at radius 2 is 2.03 bits per heavy atom. The Bertz CT molecular complexity index is 851. The Kier molecular flexibility index (Phi) is 4.24. The SMILES string of the molecule is CCOC(=O)/C=C/[C@@H](C)C1CCC2C3C(CC[C@@]21C)[C@@]1(C)CCC(=O)C2OC21[C@H]1O[C@@H]31. The highest BCUT2D eigenvalue weighted by Gasteiger charge is 2.86. The highest BCUT2D eigenvalue weighted by Crippen LogP contribution is 2.77. The van der Waals surface area contributed by atoms with E-state index < -0.39 is 0 Å². The van der Waals surface area contributed by atoms with Gasteiger partial charge in [-0.3, -0.25) is 4.79 Å². The fourth-order valence-electron chi connectivity index (χ4n) is 9.24. The molecule has 2 heterocycles. The Balaban J connectivity index is 1.26. The summed E-state index contributed by atoms with van der Waals surface area (Å²) in [6, 6.07) is 0. The quantitative estimate of drug-likeness (QED) is 0.383. The maximum atomic E-state index is 12.4. The topological polar surface area (TPSA) is 68.4 Å². The van der Waals surface area contributed by atoms with Crippen LogP contribution in [0, 0.1) is 40.4 Å². The number of Topliss-reactive ketones (excluding diaryl/α,β-unsaturated/α-hetero) is 1. The summed E-state index contributed by atoms with van der Waals surface area (Å²) in [5, 5.41) is 0. The number of epoxide rings is 2. The molecule has 6 aliphatic rings. The molecule has 0 amide bonds. The molecular weight excluding hydrogens is 392 g/mol. The van der Waals surface area contributed by atoms with Crippen LogP contribution >= 0.6 is 0 Å². The number of hydrogen-bond donors (Lipinski definition) is 0. The zero-order valence-electron chi connectivity index (χ0n) is 19.3. The van der Waals surface area contributed by atoms with Gasteiger partial charge in [-0.2, -0.15) is 0 Å². The lowest BCUT2D eigenvalue weighted by Gasteiger charge is -2.58. The normalized spacial score (nSPS) is 54.8. The summed E-state index contributed by atoms with van der Waals surface area (Å²) < 4.78 is 17.7. The molecule has 170 valence electrons. The van der Waals surface area contributed by atoms with Crippen molar-refractivity contribution in [2.24, 2.45) is 40.4 Å². The standard InChI is InChI=1S/C26H36O5/c1-5-29-19(28)9-6-14(2)15-7-8-16-20-17(10-12-24(15,16)3)25(4)13-11-18(27)22-26(25,31-22)23-21(20)30-23/h6,9,14-17,20-23H,5,7-8,10-13H2,1-4H3/b9-6+/t14-,15?,16?,17?,20?,21+,22?,23+,24-,25-,26?/m1/s1. The van der Waals surface area contributed by atoms with Crippen LogP contribution in [0.5, 0.6) is 0 Å². The van der Waals surface area contributed by atoms with E-state index in [1.807, 2.05) is 6.92 Å². The first-order valence-electron chi connectivity index (χ1n) is 12.5. The van der Waals surface area contributed by atoms with Crippen molar-refractivity contribution < 1.29 is 23.8 Å². The summed E-state index contributed by atoms with van der Waals surface area (Å²) in [6.45, 7) is 9.45. The first-order valence-corrected chi connectivity index (χ1v) is 12.5. The van der Waals surface area contributed by atoms with Crippen molar-refractivity contribution >= 4 is 11.8 Å². The minimum absolute atomic E-state index is 0.0722. The zero-order chi connectivity index (χ0) is 21.8. The predicted octanol–water partition coefficient (Wildman–Crippen LogP) is 4.09. The lowest BCUT2D eigenvalue weighted by molar-refractivity contribution is -0.137. The van der Waals surface area contributed by atoms with Gasteiger partial charge in [-0.05, 0) is 74.0 Å². The molecule has 2 aliphatic heterocycles. The molecule has 31 heavy (non-hydrogen) atoms. The minimum Gasteiger partial charge on any atom is -0.463 e. The summed E-state index contributed by atoms with van der Waals surface area (Å²) in [6.07, 6.45) is 10.5. The van der Waals surface area contributed by atoms with Crippen LogP contribution in [-0.2, 0) is 23.8 Å². The molecule has 6 rings (SSSR count). The Morgan fingerprint density at radius 3 is 2.81 bits per heavy atom. The van der Waals surface area contributed by atoms with E-state index in [4.69, 9.17) is 14.2 Å². The van der Waals surface area contributed by atoms with Gasteiger partial charge in [0.15, 0.2) is 5.78 Å². The van der Waals surface area contributed by atoms with Crippen LogP contribution in [0.15, 0.2) is 12.2 Å². The van der Waals surface area contributed by atoms with Crippen molar-refractivity contribution in [3.05, 3.63) is 12.2 Å². The molecule has 0 radical (unpaired) electrons. The van der Waals surface area contributed by atoms with E-state index in [1.54, 1.807) is 6.08 Å². The van der Waals surface area contributed by atoms with E-state index in [0.717, 1.165) is 6.42 Å². The van der Waals surface area contributed by atoms with E-state index in [2.05, 4.69) is 26.8 Å². The van der Waals surface area contributed by atoms with Gasteiger partial charge < -0.3 is 14.2 Å². The second-order valence-corrected chi connectivity index (χ2v) is 11.7. The number of ketones is 1. The van der Waals surface area contributed by atoms with Crippen LogP contribution in [0.25, 0.3) is 0 Å². The van der Waals surface area contributed by atoms with Crippen LogP contribution in [0.3, 0.4) is 0 Å². The van der Waals surface area contributed by atoms with Crippen molar-refractivity contribution in [2.45, 2.75) is 90.1 Å². The summed E-state index contributed by atoms with van der Waals surface area (Å²) >= 11 is 0. The molecule has 1 spiro atoms. The van der Waals surface area contributed by atoms with Gasteiger partial charge in [-0.15, -0.1) is 0 Å². The second kappa shape index (κ2) is 6.44. The monoisotopic (exact) mass is 428 g/mol. The first-order chi connectivity index (χ1) is 14.8. The van der Waals surface area contributed by atoms with Gasteiger partial charge in [0.1, 0.15) is 17.8 Å². The van der Waals surface area contributed by atoms with E-state index in [-0.39, 0.29) is 40.7 Å². The number of carbonyl (C=O) groups excluding carboxylic acids is 2. The molecule has 6 fully saturated rings. The number of allylic oxidation sites excluding steroid dienone is 1. The van der Waals surface area contributed by atoms with Crippen LogP contribution < -0.4 is 0 Å². The molecule has 0 aromatic carbocycles. The van der Waals surface area contributed by atoms with E-state index in [9.17, 15) is 9.59 Å². The van der Waals surface area contributed by atoms with Gasteiger partial charge in [-0.25, -0.2) is 4.79 Å². The molecule has 11 atom stereocenters. The second-order valence-electron chi connectivity index (χ2n) is 11.7. The number of carbonyl (C=O) groups is 2. The molecule has 5 nitrogen and oxygen atoms in total. The third kappa shape index (κ3) is 2.45. The lowest BCUT2D eigenvalue weighted by atomic mass is 9.44. The number of esters is 1. The van der Waals surface area contributed by atoms with Gasteiger partial charge in [-0.1, -0.05) is 26.8 Å². The van der Waals surface area contributed by atoms with Crippen LogP contribution in [0.4, 0.5) is 0 Å². The van der Waals surface area contributed by atoms with E-state index >= 15 is 0 Å². The highest BCUT2D eigenvalue weighted by atomic mass is 16.7. The molecule has 0 bridgehead atoms. The average molecular weight is 429 g/mol. The molecule has 4 saturated carbocycles. The molecule has 0 N–H and O–H groups in total. The third-order valence-corrected chi connectivity index (χ3v) is 10.7. The zero-order valence-corrected chi connectivity index (χ0v) is 19.3. The Hall–Kier alpha value is -1.20. The van der Waals surface area contributed by atoms with Crippen LogP contribution in [0.1, 0.15) is 66.2 Å². The minimum atomic E-state index is -0.310. The van der Waals surface area contributed by atoms with Crippen LogP contribution in [-0.4, -0.2) is 42.3 Å². The van der Waals surface area contributed by atoms with E-state index in [1.165, 1.54) is 25.7 Å². The van der Waals surface area contributed by atoms with Gasteiger partial charge in [0.2, 0.25) is 0 Å². The van der Waals surface area contributed by atoms with Crippen molar-refractivity contribution in [3.8, 4) is 0 Å². The van der Waals surface area contributed by atoms with Crippen molar-refractivity contribution in [1.82, 2.24) is 0 Å². The van der Waals surface area contributed by atoms with Crippen LogP contribution in [0.2, 0.25) is 0 Å². The fourth-order valence-corrected chi connectivity index (χ4v) is 9.24. The molecular formula is C26H36O5. The Morgan fingerprint density at radius 1 is 1.23 bits per heavy atom. The largest absolute Gasteiger partial charge is 0.463 e. The van der Waals surface area contributed by atoms with Gasteiger partial charge in [0.25, 0.3) is 0 Å². The maximum absolute atomic E-state index is 12.4. The molecule has 0 aromatic rings. The number of fused-ring (bicyclic) bond motifs is 6. The smallest absolute Gasteiger partial charge is 0.330 e. The highest BCUT2D eigenvalue weighted by molar-refractivity contribution is 5.89. The van der Waals surface area contributed by atoms with Crippen molar-refractivity contribution in [3.63, 3.8) is 0 Å². The lowest BCUT2D eigenvalue weighted by Crippen LogP contribution is -2.61. The molecule has 4 aliphatic carbocycles. The molecule has 6 unspecified atom stereocenters. The molecule has 2 saturated heterocycles. The maximum Gasteiger partial charge on any atom is 0.330 e. The predicted molar refractivity (Wildman–Crippen MR) is 114 cm³/mol. The van der Waals surface area contributed by atoms with E-state index in [0.29, 0.717) is 48.4 Å². The van der Waals surface area contributed by atoms with Gasteiger partial charge >= 0.3 is 5.97 Å². The van der Waals surface area contributed by atoms with Crippen molar-refractivity contribution in [2.75, 3.05) is 6.61 Å². The van der Waals surface area contributed by atoms with Gasteiger partial charge in [0.05, 0.1) is 12.7 Å². The molecule has 0 aromatic heterocycles. The number of rotatable bonds is 4. The molecule has 5 heteroatoms. The average Bonchev–Trinajstić information content (AvgIpc) is 3.63. The third-order valence-electron chi connectivity index (χ3n) is 10.7.